The van der Waals surface area contributed by atoms with Crippen molar-refractivity contribution >= 4 is 11.5 Å². The summed E-state index contributed by atoms with van der Waals surface area (Å²) in [6.07, 6.45) is 12.7. The van der Waals surface area contributed by atoms with Crippen LogP contribution in [0.4, 0.5) is 0 Å². The lowest BCUT2D eigenvalue weighted by Crippen LogP contribution is -2.44. The molecule has 1 aromatic rings. The predicted octanol–water partition coefficient (Wildman–Crippen LogP) is 4.41. The molecule has 0 aromatic carbocycles. The van der Waals surface area contributed by atoms with Gasteiger partial charge in [0.2, 0.25) is 11.8 Å². The van der Waals surface area contributed by atoms with Crippen molar-refractivity contribution in [2.45, 2.75) is 83.3 Å². The van der Waals surface area contributed by atoms with Crippen LogP contribution in [-0.4, -0.2) is 64.5 Å². The SMILES string of the molecule is C=C(C)C[C@H]1CCC2=C1c1c(ncnc1OC1CCC(N(C)CC(=O)N3CCCC3)CC1)C2. The van der Waals surface area contributed by atoms with Gasteiger partial charge in [-0.3, -0.25) is 9.69 Å². The van der Waals surface area contributed by atoms with E-state index in [0.717, 1.165) is 82.5 Å². The summed E-state index contributed by atoms with van der Waals surface area (Å²) >= 11 is 0. The summed E-state index contributed by atoms with van der Waals surface area (Å²) < 4.78 is 6.55. The highest BCUT2D eigenvalue weighted by molar-refractivity contribution is 5.81. The molecule has 0 bridgehead atoms. The van der Waals surface area contributed by atoms with Crippen LogP contribution in [0.1, 0.15) is 76.0 Å². The summed E-state index contributed by atoms with van der Waals surface area (Å²) in [6, 6.07) is 0.455. The summed E-state index contributed by atoms with van der Waals surface area (Å²) in [5.41, 5.74) is 6.57. The van der Waals surface area contributed by atoms with Gasteiger partial charge in [-0.05, 0) is 83.2 Å². The van der Waals surface area contributed by atoms with Gasteiger partial charge >= 0.3 is 0 Å². The Morgan fingerprint density at radius 3 is 2.67 bits per heavy atom. The fourth-order valence-electron chi connectivity index (χ4n) is 6.38. The number of carbonyl (C=O) groups excluding carboxylic acids is 1. The summed E-state index contributed by atoms with van der Waals surface area (Å²) in [5.74, 6) is 1.61. The predicted molar refractivity (Wildman–Crippen MR) is 130 cm³/mol. The molecule has 33 heavy (non-hydrogen) atoms. The van der Waals surface area contributed by atoms with E-state index in [9.17, 15) is 4.79 Å². The molecule has 0 N–H and O–H groups in total. The molecule has 6 heteroatoms. The number of nitrogens with zero attached hydrogens (tertiary/aromatic N) is 4. The zero-order valence-electron chi connectivity index (χ0n) is 20.3. The van der Waals surface area contributed by atoms with Crippen molar-refractivity contribution in [1.82, 2.24) is 19.8 Å². The largest absolute Gasteiger partial charge is 0.474 e. The fourth-order valence-corrected chi connectivity index (χ4v) is 6.38. The topological polar surface area (TPSA) is 58.6 Å². The second kappa shape index (κ2) is 9.57. The zero-order valence-corrected chi connectivity index (χ0v) is 20.3. The van der Waals surface area contributed by atoms with E-state index in [1.54, 1.807) is 6.33 Å². The van der Waals surface area contributed by atoms with Gasteiger partial charge in [0, 0.05) is 25.6 Å². The first kappa shape index (κ1) is 22.6. The van der Waals surface area contributed by atoms with Gasteiger partial charge in [-0.1, -0.05) is 11.1 Å². The molecule has 178 valence electrons. The number of hydrogen-bond acceptors (Lipinski definition) is 5. The maximum atomic E-state index is 12.5. The van der Waals surface area contributed by atoms with Crippen LogP contribution in [0.5, 0.6) is 5.88 Å². The molecule has 3 aliphatic carbocycles. The molecule has 0 unspecified atom stereocenters. The minimum Gasteiger partial charge on any atom is -0.474 e. The Labute approximate surface area is 198 Å². The Morgan fingerprint density at radius 1 is 1.18 bits per heavy atom. The number of rotatable bonds is 7. The van der Waals surface area contributed by atoms with E-state index >= 15 is 0 Å². The van der Waals surface area contributed by atoms with E-state index in [1.807, 2.05) is 4.90 Å². The number of fused-ring (bicyclic) bond motifs is 2. The molecule has 1 aliphatic heterocycles. The lowest BCUT2D eigenvalue weighted by molar-refractivity contribution is -0.131. The summed E-state index contributed by atoms with van der Waals surface area (Å²) in [7, 11) is 2.10. The highest BCUT2D eigenvalue weighted by Gasteiger charge is 2.37. The number of likely N-dealkylation sites (N-methyl/N-ethyl adjacent to an activating group) is 1. The van der Waals surface area contributed by atoms with Gasteiger partial charge in [0.15, 0.2) is 0 Å². The number of aromatic nitrogens is 2. The third kappa shape index (κ3) is 4.72. The first-order chi connectivity index (χ1) is 16.0. The zero-order chi connectivity index (χ0) is 22.9. The Bertz CT molecular complexity index is 941. The second-order valence-corrected chi connectivity index (χ2v) is 10.6. The molecule has 4 aliphatic rings. The average molecular weight is 451 g/mol. The maximum Gasteiger partial charge on any atom is 0.236 e. The van der Waals surface area contributed by atoms with E-state index in [2.05, 4.69) is 35.4 Å². The summed E-state index contributed by atoms with van der Waals surface area (Å²) in [6.45, 7) is 8.68. The van der Waals surface area contributed by atoms with Crippen molar-refractivity contribution < 1.29 is 9.53 Å². The van der Waals surface area contributed by atoms with Crippen LogP contribution in [0.3, 0.4) is 0 Å². The van der Waals surface area contributed by atoms with Crippen LogP contribution in [0.15, 0.2) is 24.1 Å². The third-order valence-electron chi connectivity index (χ3n) is 8.11. The highest BCUT2D eigenvalue weighted by atomic mass is 16.5. The van der Waals surface area contributed by atoms with Gasteiger partial charge in [-0.25, -0.2) is 9.97 Å². The van der Waals surface area contributed by atoms with Crippen molar-refractivity contribution in [3.05, 3.63) is 35.3 Å². The Hall–Kier alpha value is -2.21. The van der Waals surface area contributed by atoms with Gasteiger partial charge in [0.25, 0.3) is 0 Å². The van der Waals surface area contributed by atoms with Crippen molar-refractivity contribution in [2.24, 2.45) is 5.92 Å². The summed E-state index contributed by atoms with van der Waals surface area (Å²) in [5, 5.41) is 0. The number of likely N-dealkylation sites (tertiary alicyclic amines) is 1. The minimum absolute atomic E-state index is 0.188. The maximum absolute atomic E-state index is 12.5. The number of amides is 1. The lowest BCUT2D eigenvalue weighted by Gasteiger charge is -2.35. The van der Waals surface area contributed by atoms with Gasteiger partial charge in [0.1, 0.15) is 12.4 Å². The monoisotopic (exact) mass is 450 g/mol. The van der Waals surface area contributed by atoms with Crippen LogP contribution in [0.2, 0.25) is 0 Å². The molecule has 2 heterocycles. The number of carbonyl (C=O) groups is 1. The summed E-state index contributed by atoms with van der Waals surface area (Å²) in [4.78, 5) is 26.0. The molecule has 1 saturated heterocycles. The molecular formula is C27H38N4O2. The van der Waals surface area contributed by atoms with E-state index in [0.29, 0.717) is 18.5 Å². The standard InChI is InChI=1S/C27H38N4O2/c1-18(2)14-19-6-7-20-15-23-26(25(19)20)27(29-17-28-23)33-22-10-8-21(9-11-22)30(3)16-24(32)31-12-4-5-13-31/h17,19,21-22H,1,4-16H2,2-3H3/t19-,21?,22?/m1/s1. The molecule has 6 nitrogen and oxygen atoms in total. The first-order valence-corrected chi connectivity index (χ1v) is 12.8. The smallest absolute Gasteiger partial charge is 0.236 e. The van der Waals surface area contributed by atoms with Gasteiger partial charge in [-0.15, -0.1) is 6.58 Å². The average Bonchev–Trinajstić information content (AvgIpc) is 3.52. The van der Waals surface area contributed by atoms with E-state index in [-0.39, 0.29) is 12.0 Å². The van der Waals surface area contributed by atoms with E-state index < -0.39 is 0 Å². The number of allylic oxidation sites excluding steroid dienone is 3. The van der Waals surface area contributed by atoms with Crippen LogP contribution >= 0.6 is 0 Å². The van der Waals surface area contributed by atoms with Crippen LogP contribution < -0.4 is 4.74 Å². The number of hydrogen-bond donors (Lipinski definition) is 0. The Balaban J connectivity index is 1.20. The van der Waals surface area contributed by atoms with E-state index in [4.69, 9.17) is 4.74 Å². The van der Waals surface area contributed by atoms with Crippen molar-refractivity contribution in [3.8, 4) is 5.88 Å². The Morgan fingerprint density at radius 2 is 1.94 bits per heavy atom. The lowest BCUT2D eigenvalue weighted by atomic mass is 9.90. The number of ether oxygens (including phenoxy) is 1. The molecule has 1 atom stereocenters. The molecule has 1 saturated carbocycles. The fraction of sp³-hybridized carbons (Fsp3) is 0.667. The van der Waals surface area contributed by atoms with Gasteiger partial charge in [0.05, 0.1) is 17.8 Å². The first-order valence-electron chi connectivity index (χ1n) is 12.8. The highest BCUT2D eigenvalue weighted by Crippen LogP contribution is 2.50. The molecule has 1 amide bonds. The molecular weight excluding hydrogens is 412 g/mol. The third-order valence-corrected chi connectivity index (χ3v) is 8.11. The van der Waals surface area contributed by atoms with Crippen molar-refractivity contribution in [1.29, 1.82) is 0 Å². The normalized spacial score (nSPS) is 26.6. The van der Waals surface area contributed by atoms with Crippen LogP contribution in [0, 0.1) is 5.92 Å². The molecule has 1 aromatic heterocycles. The molecule has 0 spiro atoms. The quantitative estimate of drug-likeness (QED) is 0.576. The van der Waals surface area contributed by atoms with Crippen LogP contribution in [0.25, 0.3) is 5.57 Å². The molecule has 5 rings (SSSR count). The van der Waals surface area contributed by atoms with Crippen molar-refractivity contribution in [3.63, 3.8) is 0 Å². The van der Waals surface area contributed by atoms with Gasteiger partial charge < -0.3 is 9.64 Å². The van der Waals surface area contributed by atoms with Crippen molar-refractivity contribution in [2.75, 3.05) is 26.7 Å². The molecule has 0 radical (unpaired) electrons. The Kier molecular flexibility index (Phi) is 6.55. The minimum atomic E-state index is 0.188. The second-order valence-electron chi connectivity index (χ2n) is 10.6. The molecule has 2 fully saturated rings. The van der Waals surface area contributed by atoms with Gasteiger partial charge in [-0.2, -0.15) is 0 Å². The van der Waals surface area contributed by atoms with E-state index in [1.165, 1.54) is 28.7 Å². The van der Waals surface area contributed by atoms with Crippen LogP contribution in [-0.2, 0) is 11.2 Å².